The van der Waals surface area contributed by atoms with Crippen LogP contribution in [0.5, 0.6) is 0 Å². The van der Waals surface area contributed by atoms with E-state index in [0.717, 1.165) is 25.9 Å². The second-order valence-electron chi connectivity index (χ2n) is 4.79. The van der Waals surface area contributed by atoms with Crippen molar-refractivity contribution in [3.8, 4) is 0 Å². The molecule has 0 aromatic carbocycles. The summed E-state index contributed by atoms with van der Waals surface area (Å²) in [4.78, 5) is 0. The number of rotatable bonds is 8. The van der Waals surface area contributed by atoms with E-state index in [1.54, 1.807) is 0 Å². The predicted octanol–water partition coefficient (Wildman–Crippen LogP) is 1.07. The Labute approximate surface area is 105 Å². The Balaban J connectivity index is 2.44. The fourth-order valence-electron chi connectivity index (χ4n) is 2.29. The van der Waals surface area contributed by atoms with Crippen LogP contribution in [0, 0.1) is 11.8 Å². The Kier molecular flexibility index (Phi) is 6.44. The van der Waals surface area contributed by atoms with Crippen LogP contribution in [0.15, 0.2) is 0 Å². The summed E-state index contributed by atoms with van der Waals surface area (Å²) in [5.74, 6) is 1.31. The summed E-state index contributed by atoms with van der Waals surface area (Å²) < 4.78 is 28.4. The van der Waals surface area contributed by atoms with Crippen molar-refractivity contribution in [3.63, 3.8) is 0 Å². The number of hydrogen-bond donors (Lipinski definition) is 1. The molecule has 0 amide bonds. The zero-order chi connectivity index (χ0) is 12.7. The van der Waals surface area contributed by atoms with Crippen molar-refractivity contribution < 1.29 is 13.2 Å². The van der Waals surface area contributed by atoms with E-state index in [1.807, 2.05) is 6.92 Å². The zero-order valence-electron chi connectivity index (χ0n) is 10.9. The molecule has 0 radical (unpaired) electrons. The lowest BCUT2D eigenvalue weighted by molar-refractivity contribution is 0.0899. The van der Waals surface area contributed by atoms with Crippen molar-refractivity contribution in [1.29, 1.82) is 0 Å². The first kappa shape index (κ1) is 14.9. The van der Waals surface area contributed by atoms with Gasteiger partial charge >= 0.3 is 0 Å². The molecular weight excluding hydrogens is 238 g/mol. The number of hydrogen-bond acceptors (Lipinski definition) is 4. The Morgan fingerprint density at radius 3 is 2.71 bits per heavy atom. The molecule has 1 rings (SSSR count). The third-order valence-electron chi connectivity index (χ3n) is 3.30. The van der Waals surface area contributed by atoms with Gasteiger partial charge in [0.1, 0.15) is 0 Å². The molecule has 0 aromatic rings. The highest BCUT2D eigenvalue weighted by Crippen LogP contribution is 2.26. The Morgan fingerprint density at radius 2 is 2.18 bits per heavy atom. The molecule has 1 saturated heterocycles. The van der Waals surface area contributed by atoms with Crippen LogP contribution in [-0.2, 0) is 14.6 Å². The molecular formula is C12H25NO3S. The lowest BCUT2D eigenvalue weighted by Gasteiger charge is -2.22. The summed E-state index contributed by atoms with van der Waals surface area (Å²) in [6, 6.07) is 0. The fourth-order valence-corrected chi connectivity index (χ4v) is 4.21. The molecule has 5 heteroatoms. The normalized spacial score (nSPS) is 24.9. The molecule has 0 aliphatic carbocycles. The van der Waals surface area contributed by atoms with Crippen LogP contribution < -0.4 is 5.32 Å². The van der Waals surface area contributed by atoms with Gasteiger partial charge < -0.3 is 10.1 Å². The van der Waals surface area contributed by atoms with Gasteiger partial charge in [-0.2, -0.15) is 0 Å². The topological polar surface area (TPSA) is 55.4 Å². The van der Waals surface area contributed by atoms with Gasteiger partial charge in [-0.1, -0.05) is 6.92 Å². The maximum absolute atomic E-state index is 11.5. The lowest BCUT2D eigenvalue weighted by Crippen LogP contribution is -2.32. The van der Waals surface area contributed by atoms with E-state index in [9.17, 15) is 8.42 Å². The maximum Gasteiger partial charge on any atom is 0.150 e. The summed E-state index contributed by atoms with van der Waals surface area (Å²) in [5, 5.41) is 3.37. The van der Waals surface area contributed by atoms with Gasteiger partial charge in [0, 0.05) is 13.2 Å². The van der Waals surface area contributed by atoms with Crippen molar-refractivity contribution in [3.05, 3.63) is 0 Å². The Bertz CT molecular complexity index is 303. The summed E-state index contributed by atoms with van der Waals surface area (Å²) in [7, 11) is -2.78. The minimum absolute atomic E-state index is 0.274. The second kappa shape index (κ2) is 7.34. The molecule has 1 heterocycles. The van der Waals surface area contributed by atoms with E-state index in [1.165, 1.54) is 0 Å². The van der Waals surface area contributed by atoms with Crippen LogP contribution in [0.1, 0.15) is 26.7 Å². The highest BCUT2D eigenvalue weighted by molar-refractivity contribution is 7.91. The van der Waals surface area contributed by atoms with Gasteiger partial charge in [0.15, 0.2) is 9.84 Å². The first-order valence-corrected chi connectivity index (χ1v) is 8.40. The zero-order valence-corrected chi connectivity index (χ0v) is 11.8. The van der Waals surface area contributed by atoms with Crippen molar-refractivity contribution in [1.82, 2.24) is 5.32 Å². The van der Waals surface area contributed by atoms with E-state index in [2.05, 4.69) is 12.2 Å². The highest BCUT2D eigenvalue weighted by atomic mass is 32.2. The van der Waals surface area contributed by atoms with Crippen molar-refractivity contribution in [2.45, 2.75) is 26.7 Å². The van der Waals surface area contributed by atoms with E-state index in [-0.39, 0.29) is 5.92 Å². The first-order chi connectivity index (χ1) is 8.09. The Morgan fingerprint density at radius 1 is 1.41 bits per heavy atom. The van der Waals surface area contributed by atoms with Crippen molar-refractivity contribution in [2.75, 3.05) is 37.8 Å². The number of ether oxygens (including phenoxy) is 1. The van der Waals surface area contributed by atoms with E-state index < -0.39 is 9.84 Å². The van der Waals surface area contributed by atoms with Crippen LogP contribution in [0.3, 0.4) is 0 Å². The standard InChI is InChI=1S/C12H25NO3S/c1-3-6-13-8-12(9-16-4-2)11-5-7-17(14,15)10-11/h11-13H,3-10H2,1-2H3. The molecule has 102 valence electrons. The van der Waals surface area contributed by atoms with Gasteiger partial charge in [-0.3, -0.25) is 0 Å². The molecule has 17 heavy (non-hydrogen) atoms. The summed E-state index contributed by atoms with van der Waals surface area (Å²) in [5.41, 5.74) is 0. The van der Waals surface area contributed by atoms with Gasteiger partial charge in [-0.15, -0.1) is 0 Å². The van der Waals surface area contributed by atoms with Crippen LogP contribution in [0.4, 0.5) is 0 Å². The number of nitrogens with one attached hydrogen (secondary N) is 1. The quantitative estimate of drug-likeness (QED) is 0.666. The number of sulfone groups is 1. The molecule has 1 aliphatic heterocycles. The first-order valence-electron chi connectivity index (χ1n) is 6.58. The fraction of sp³-hybridized carbons (Fsp3) is 1.00. The maximum atomic E-state index is 11.5. The average Bonchev–Trinajstić information content (AvgIpc) is 2.64. The van der Waals surface area contributed by atoms with Crippen LogP contribution in [0.2, 0.25) is 0 Å². The molecule has 0 bridgehead atoms. The summed E-state index contributed by atoms with van der Waals surface area (Å²) >= 11 is 0. The molecule has 0 aromatic heterocycles. The molecule has 2 unspecified atom stereocenters. The van der Waals surface area contributed by atoms with Crippen LogP contribution >= 0.6 is 0 Å². The minimum atomic E-state index is -2.78. The minimum Gasteiger partial charge on any atom is -0.381 e. The third kappa shape index (κ3) is 5.36. The summed E-state index contributed by atoms with van der Waals surface area (Å²) in [6.07, 6.45) is 1.90. The lowest BCUT2D eigenvalue weighted by atomic mass is 9.92. The molecule has 2 atom stereocenters. The van der Waals surface area contributed by atoms with Crippen molar-refractivity contribution >= 4 is 9.84 Å². The second-order valence-corrected chi connectivity index (χ2v) is 7.02. The van der Waals surface area contributed by atoms with E-state index in [4.69, 9.17) is 4.74 Å². The molecule has 1 N–H and O–H groups in total. The van der Waals surface area contributed by atoms with Gasteiger partial charge in [-0.25, -0.2) is 8.42 Å². The van der Waals surface area contributed by atoms with E-state index in [0.29, 0.717) is 30.6 Å². The average molecular weight is 263 g/mol. The van der Waals surface area contributed by atoms with Gasteiger partial charge in [0.05, 0.1) is 18.1 Å². The predicted molar refractivity (Wildman–Crippen MR) is 69.9 cm³/mol. The molecule has 0 saturated carbocycles. The van der Waals surface area contributed by atoms with Crippen LogP contribution in [0.25, 0.3) is 0 Å². The summed E-state index contributed by atoms with van der Waals surface area (Å²) in [6.45, 7) is 7.33. The van der Waals surface area contributed by atoms with Crippen LogP contribution in [-0.4, -0.2) is 46.2 Å². The van der Waals surface area contributed by atoms with Gasteiger partial charge in [0.2, 0.25) is 0 Å². The van der Waals surface area contributed by atoms with Crippen molar-refractivity contribution in [2.24, 2.45) is 11.8 Å². The monoisotopic (exact) mass is 263 g/mol. The Hall–Kier alpha value is -0.130. The van der Waals surface area contributed by atoms with Gasteiger partial charge in [-0.05, 0) is 38.1 Å². The highest BCUT2D eigenvalue weighted by Gasteiger charge is 2.33. The molecule has 1 fully saturated rings. The largest absolute Gasteiger partial charge is 0.381 e. The molecule has 0 spiro atoms. The SMILES string of the molecule is CCCNCC(COCC)C1CCS(=O)(=O)C1. The molecule has 4 nitrogen and oxygen atoms in total. The van der Waals surface area contributed by atoms with E-state index >= 15 is 0 Å². The third-order valence-corrected chi connectivity index (χ3v) is 5.10. The smallest absolute Gasteiger partial charge is 0.150 e. The molecule has 1 aliphatic rings. The van der Waals surface area contributed by atoms with Gasteiger partial charge in [0.25, 0.3) is 0 Å².